The van der Waals surface area contributed by atoms with Crippen molar-refractivity contribution in [3.05, 3.63) is 0 Å². The van der Waals surface area contributed by atoms with Crippen LogP contribution in [0.15, 0.2) is 0 Å². The number of carbonyl (C=O) groups is 5. The highest BCUT2D eigenvalue weighted by Crippen LogP contribution is 2.04. The summed E-state index contributed by atoms with van der Waals surface area (Å²) < 4.78 is 0. The van der Waals surface area contributed by atoms with Crippen LogP contribution in [0.3, 0.4) is 0 Å². The van der Waals surface area contributed by atoms with E-state index in [1.807, 2.05) is 0 Å². The third kappa shape index (κ3) is 8.54. The van der Waals surface area contributed by atoms with E-state index >= 15 is 0 Å². The Morgan fingerprint density at radius 1 is 0.964 bits per heavy atom. The Morgan fingerprint density at radius 2 is 1.50 bits per heavy atom. The summed E-state index contributed by atoms with van der Waals surface area (Å²) in [4.78, 5) is 58.4. The highest BCUT2D eigenvalue weighted by Gasteiger charge is 2.31. The molecule has 4 atom stereocenters. The number of hydrogen-bond acceptors (Lipinski definition) is 8. The lowest BCUT2D eigenvalue weighted by atomic mass is 10.0. The zero-order chi connectivity index (χ0) is 22.0. The molecule has 0 rings (SSSR count). The molecule has 12 nitrogen and oxygen atoms in total. The van der Waals surface area contributed by atoms with Gasteiger partial charge in [-0.05, 0) is 5.92 Å². The fourth-order valence-electron chi connectivity index (χ4n) is 2.02. The van der Waals surface area contributed by atoms with Gasteiger partial charge in [0.1, 0.15) is 18.1 Å². The van der Waals surface area contributed by atoms with Gasteiger partial charge in [-0.25, -0.2) is 4.79 Å². The van der Waals surface area contributed by atoms with Gasteiger partial charge in [0.15, 0.2) is 0 Å². The molecule has 0 aliphatic carbocycles. The second-order valence-electron chi connectivity index (χ2n) is 6.33. The Hall–Kier alpha value is -2.38. The molecule has 0 bridgehead atoms. The van der Waals surface area contributed by atoms with E-state index < -0.39 is 72.7 Å². The summed E-state index contributed by atoms with van der Waals surface area (Å²) in [6.45, 7) is 2.41. The molecule has 0 fully saturated rings. The minimum Gasteiger partial charge on any atom is -0.480 e. The quantitative estimate of drug-likeness (QED) is 0.146. The summed E-state index contributed by atoms with van der Waals surface area (Å²) >= 11 is 3.80. The van der Waals surface area contributed by atoms with Crippen LogP contribution >= 0.6 is 12.6 Å². The Labute approximate surface area is 167 Å². The van der Waals surface area contributed by atoms with Crippen molar-refractivity contribution in [2.45, 2.75) is 44.4 Å². The van der Waals surface area contributed by atoms with Gasteiger partial charge < -0.3 is 37.6 Å². The maximum Gasteiger partial charge on any atom is 0.327 e. The lowest BCUT2D eigenvalue weighted by Gasteiger charge is -2.26. The Morgan fingerprint density at radius 3 is 1.89 bits per heavy atom. The molecule has 0 radical (unpaired) electrons. The van der Waals surface area contributed by atoms with Gasteiger partial charge in [0.05, 0.1) is 19.1 Å². The molecule has 13 heteroatoms. The third-order valence-electron chi connectivity index (χ3n) is 3.62. The van der Waals surface area contributed by atoms with E-state index in [1.165, 1.54) is 0 Å². The predicted octanol–water partition coefficient (Wildman–Crippen LogP) is -3.69. The van der Waals surface area contributed by atoms with Gasteiger partial charge in [-0.2, -0.15) is 12.6 Å². The number of nitrogens with two attached hydrogens (primary N) is 2. The van der Waals surface area contributed by atoms with Crippen molar-refractivity contribution in [1.29, 1.82) is 0 Å². The molecule has 9 N–H and O–H groups in total. The molecule has 0 aromatic rings. The number of carboxylic acids is 1. The van der Waals surface area contributed by atoms with Gasteiger partial charge >= 0.3 is 5.97 Å². The van der Waals surface area contributed by atoms with Gasteiger partial charge in [0, 0.05) is 5.75 Å². The van der Waals surface area contributed by atoms with E-state index in [2.05, 4.69) is 28.6 Å². The number of amides is 4. The molecule has 4 unspecified atom stereocenters. The van der Waals surface area contributed by atoms with Crippen LogP contribution in [0.25, 0.3) is 0 Å². The van der Waals surface area contributed by atoms with Crippen molar-refractivity contribution >= 4 is 42.2 Å². The van der Waals surface area contributed by atoms with Crippen LogP contribution in [0.1, 0.15) is 20.3 Å². The third-order valence-corrected chi connectivity index (χ3v) is 3.98. The smallest absolute Gasteiger partial charge is 0.327 e. The second kappa shape index (κ2) is 12.2. The van der Waals surface area contributed by atoms with Gasteiger partial charge in [-0.15, -0.1) is 0 Å². The van der Waals surface area contributed by atoms with Crippen LogP contribution < -0.4 is 27.4 Å². The first kappa shape index (κ1) is 25.6. The first-order valence-corrected chi connectivity index (χ1v) is 8.97. The normalized spacial score (nSPS) is 15.1. The Bertz CT molecular complexity index is 601. The number of aliphatic hydroxyl groups is 1. The average molecular weight is 421 g/mol. The molecule has 0 aliphatic rings. The van der Waals surface area contributed by atoms with E-state index in [9.17, 15) is 29.1 Å². The van der Waals surface area contributed by atoms with Gasteiger partial charge in [0.25, 0.3) is 0 Å². The van der Waals surface area contributed by atoms with E-state index in [-0.39, 0.29) is 5.75 Å². The molecular weight excluding hydrogens is 394 g/mol. The molecule has 160 valence electrons. The lowest BCUT2D eigenvalue weighted by molar-refractivity contribution is -0.142. The number of aliphatic hydroxyl groups excluding tert-OH is 1. The number of primary amides is 1. The van der Waals surface area contributed by atoms with Crippen LogP contribution in [-0.2, 0) is 24.0 Å². The van der Waals surface area contributed by atoms with Crippen molar-refractivity contribution in [2.24, 2.45) is 17.4 Å². The van der Waals surface area contributed by atoms with Crippen molar-refractivity contribution in [2.75, 3.05) is 12.4 Å². The maximum absolute atomic E-state index is 12.4. The molecule has 0 saturated heterocycles. The zero-order valence-electron chi connectivity index (χ0n) is 15.5. The Kier molecular flexibility index (Phi) is 11.1. The van der Waals surface area contributed by atoms with E-state index in [0.29, 0.717) is 0 Å². The maximum atomic E-state index is 12.4. The number of hydrogen-bond donors (Lipinski definition) is 8. The second-order valence-corrected chi connectivity index (χ2v) is 6.70. The average Bonchev–Trinajstić information content (AvgIpc) is 2.59. The zero-order valence-corrected chi connectivity index (χ0v) is 16.4. The summed E-state index contributed by atoms with van der Waals surface area (Å²) in [5.41, 5.74) is 10.5. The molecule has 0 saturated carbocycles. The van der Waals surface area contributed by atoms with Crippen molar-refractivity contribution < 1.29 is 34.2 Å². The van der Waals surface area contributed by atoms with Crippen molar-refractivity contribution in [3.8, 4) is 0 Å². The fourth-order valence-corrected chi connectivity index (χ4v) is 2.27. The van der Waals surface area contributed by atoms with Crippen LogP contribution in [0, 0.1) is 5.92 Å². The summed E-state index contributed by atoms with van der Waals surface area (Å²) in [5, 5.41) is 25.0. The summed E-state index contributed by atoms with van der Waals surface area (Å²) in [6.07, 6.45) is -0.416. The molecule has 0 aromatic heterocycles. The van der Waals surface area contributed by atoms with Gasteiger partial charge in [-0.3, -0.25) is 19.2 Å². The predicted molar refractivity (Wildman–Crippen MR) is 101 cm³/mol. The van der Waals surface area contributed by atoms with Crippen LogP contribution in [0.5, 0.6) is 0 Å². The molecular formula is C15H27N5O7S. The molecule has 0 heterocycles. The van der Waals surface area contributed by atoms with Gasteiger partial charge in [0.2, 0.25) is 23.6 Å². The lowest BCUT2D eigenvalue weighted by Crippen LogP contribution is -2.59. The van der Waals surface area contributed by atoms with Crippen molar-refractivity contribution in [1.82, 2.24) is 16.0 Å². The van der Waals surface area contributed by atoms with Crippen LogP contribution in [-0.4, -0.2) is 76.3 Å². The number of aliphatic carboxylic acids is 1. The number of carbonyl (C=O) groups excluding carboxylic acids is 4. The standard InChI is InChI=1S/C15H27N5O7S/c1-6(2)11(20-12(23)7(16)3-10(17)22)14(25)18-8(4-21)13(24)19-9(5-28)15(26)27/h6-9,11,21,28H,3-5,16H2,1-2H3,(H2,17,22)(H,18,25)(H,19,24)(H,20,23)(H,26,27). The van der Waals surface area contributed by atoms with Crippen LogP contribution in [0.2, 0.25) is 0 Å². The molecule has 28 heavy (non-hydrogen) atoms. The van der Waals surface area contributed by atoms with Crippen LogP contribution in [0.4, 0.5) is 0 Å². The first-order chi connectivity index (χ1) is 12.9. The number of rotatable bonds is 12. The minimum absolute atomic E-state index is 0.199. The molecule has 0 aliphatic heterocycles. The minimum atomic E-state index is -1.45. The molecule has 0 aromatic carbocycles. The van der Waals surface area contributed by atoms with Crippen molar-refractivity contribution in [3.63, 3.8) is 0 Å². The summed E-state index contributed by atoms with van der Waals surface area (Å²) in [6, 6.07) is -5.15. The topological polar surface area (TPSA) is 214 Å². The monoisotopic (exact) mass is 421 g/mol. The highest BCUT2D eigenvalue weighted by molar-refractivity contribution is 7.80. The number of carboxylic acid groups (broad SMARTS) is 1. The number of nitrogens with one attached hydrogen (secondary N) is 3. The highest BCUT2D eigenvalue weighted by atomic mass is 32.1. The summed E-state index contributed by atoms with van der Waals surface area (Å²) in [5.74, 6) is -5.28. The fraction of sp³-hybridized carbons (Fsp3) is 0.667. The Balaban J connectivity index is 5.09. The SMILES string of the molecule is CC(C)C(NC(=O)C(N)CC(N)=O)C(=O)NC(CO)C(=O)NC(CS)C(=O)O. The number of thiol groups is 1. The largest absolute Gasteiger partial charge is 0.480 e. The summed E-state index contributed by atoms with van der Waals surface area (Å²) in [7, 11) is 0. The first-order valence-electron chi connectivity index (χ1n) is 8.34. The molecule has 4 amide bonds. The van der Waals surface area contributed by atoms with E-state index in [1.54, 1.807) is 13.8 Å². The molecule has 0 spiro atoms. The van der Waals surface area contributed by atoms with E-state index in [0.717, 1.165) is 0 Å². The van der Waals surface area contributed by atoms with Gasteiger partial charge in [-0.1, -0.05) is 13.8 Å². The van der Waals surface area contributed by atoms with E-state index in [4.69, 9.17) is 16.6 Å².